The smallest absolute Gasteiger partial charge is 0.243 e. The Balaban J connectivity index is 2.29. The third-order valence-corrected chi connectivity index (χ3v) is 2.88. The van der Waals surface area contributed by atoms with Crippen molar-refractivity contribution >= 4 is 11.6 Å². The van der Waals surface area contributed by atoms with Gasteiger partial charge in [-0.3, -0.25) is 4.79 Å². The van der Waals surface area contributed by atoms with Crippen LogP contribution in [0.3, 0.4) is 0 Å². The summed E-state index contributed by atoms with van der Waals surface area (Å²) in [6, 6.07) is 7.56. The van der Waals surface area contributed by atoms with Crippen LogP contribution in [-0.4, -0.2) is 31.6 Å². The molecule has 92 valence electrons. The highest BCUT2D eigenvalue weighted by Gasteiger charge is 2.27. The number of carbonyl (C=O) groups is 1. The minimum Gasteiger partial charge on any atom is -0.492 e. The Kier molecular flexibility index (Phi) is 3.64. The molecule has 0 saturated carbocycles. The molecule has 2 rings (SSSR count). The second kappa shape index (κ2) is 5.19. The van der Waals surface area contributed by atoms with Crippen LogP contribution in [0.1, 0.15) is 13.8 Å². The summed E-state index contributed by atoms with van der Waals surface area (Å²) in [7, 11) is 0. The van der Waals surface area contributed by atoms with Crippen LogP contribution in [0.25, 0.3) is 0 Å². The van der Waals surface area contributed by atoms with Crippen LogP contribution in [0.4, 0.5) is 5.69 Å². The Labute approximate surface area is 102 Å². The van der Waals surface area contributed by atoms with Crippen LogP contribution in [0.15, 0.2) is 24.3 Å². The van der Waals surface area contributed by atoms with Gasteiger partial charge >= 0.3 is 0 Å². The maximum atomic E-state index is 12.1. The molecule has 1 aromatic rings. The molecule has 0 radical (unpaired) electrons. The molecule has 4 nitrogen and oxygen atoms in total. The number of piperazine rings is 1. The zero-order valence-electron chi connectivity index (χ0n) is 10.3. The fourth-order valence-corrected chi connectivity index (χ4v) is 2.02. The van der Waals surface area contributed by atoms with E-state index in [1.54, 1.807) is 4.90 Å². The Bertz CT molecular complexity index is 406. The Morgan fingerprint density at radius 3 is 3.00 bits per heavy atom. The van der Waals surface area contributed by atoms with Crippen LogP contribution >= 0.6 is 0 Å². The number of hydrogen-bond donors (Lipinski definition) is 1. The predicted molar refractivity (Wildman–Crippen MR) is 67.4 cm³/mol. The van der Waals surface area contributed by atoms with E-state index in [2.05, 4.69) is 5.32 Å². The molecule has 17 heavy (non-hydrogen) atoms. The second-order valence-electron chi connectivity index (χ2n) is 4.07. The molecule has 1 aliphatic heterocycles. The molecule has 0 aromatic heterocycles. The Morgan fingerprint density at radius 1 is 1.47 bits per heavy atom. The zero-order valence-corrected chi connectivity index (χ0v) is 10.3. The average molecular weight is 234 g/mol. The van der Waals surface area contributed by atoms with Crippen molar-refractivity contribution in [2.45, 2.75) is 19.9 Å². The molecule has 1 saturated heterocycles. The van der Waals surface area contributed by atoms with E-state index in [1.807, 2.05) is 38.1 Å². The van der Waals surface area contributed by atoms with Gasteiger partial charge in [-0.1, -0.05) is 12.1 Å². The molecular weight excluding hydrogens is 216 g/mol. The number of para-hydroxylation sites is 2. The number of benzene rings is 1. The summed E-state index contributed by atoms with van der Waals surface area (Å²) in [5.74, 6) is 0.876. The Hall–Kier alpha value is -1.55. The number of nitrogens with one attached hydrogen (secondary N) is 1. The van der Waals surface area contributed by atoms with Crippen molar-refractivity contribution in [3.63, 3.8) is 0 Å². The van der Waals surface area contributed by atoms with E-state index in [0.717, 1.165) is 18.0 Å². The maximum absolute atomic E-state index is 12.1. The Morgan fingerprint density at radius 2 is 2.24 bits per heavy atom. The van der Waals surface area contributed by atoms with Crippen molar-refractivity contribution in [2.24, 2.45) is 0 Å². The van der Waals surface area contributed by atoms with E-state index in [-0.39, 0.29) is 11.9 Å². The molecule has 1 N–H and O–H groups in total. The maximum Gasteiger partial charge on any atom is 0.243 e. The van der Waals surface area contributed by atoms with Crippen molar-refractivity contribution in [3.8, 4) is 5.75 Å². The summed E-state index contributed by atoms with van der Waals surface area (Å²) in [6.07, 6.45) is 0. The highest BCUT2D eigenvalue weighted by molar-refractivity contribution is 5.98. The van der Waals surface area contributed by atoms with Gasteiger partial charge in [-0.2, -0.15) is 0 Å². The van der Waals surface area contributed by atoms with Gasteiger partial charge in [-0.25, -0.2) is 0 Å². The molecule has 0 aliphatic carbocycles. The first-order chi connectivity index (χ1) is 8.24. The first kappa shape index (κ1) is 11.9. The van der Waals surface area contributed by atoms with Crippen molar-refractivity contribution < 1.29 is 9.53 Å². The van der Waals surface area contributed by atoms with Crippen molar-refractivity contribution in [2.75, 3.05) is 24.6 Å². The topological polar surface area (TPSA) is 41.6 Å². The van der Waals surface area contributed by atoms with Gasteiger partial charge in [0.25, 0.3) is 0 Å². The fraction of sp³-hybridized carbons (Fsp3) is 0.462. The van der Waals surface area contributed by atoms with Gasteiger partial charge in [0, 0.05) is 13.1 Å². The van der Waals surface area contributed by atoms with E-state index < -0.39 is 0 Å². The van der Waals surface area contributed by atoms with Gasteiger partial charge in [-0.05, 0) is 26.0 Å². The molecule has 1 atom stereocenters. The normalized spacial score (nSPS) is 20.5. The lowest BCUT2D eigenvalue weighted by Gasteiger charge is -2.32. The third-order valence-electron chi connectivity index (χ3n) is 2.88. The van der Waals surface area contributed by atoms with Gasteiger partial charge in [0.1, 0.15) is 5.75 Å². The lowest BCUT2D eigenvalue weighted by Crippen LogP contribution is -2.54. The molecular formula is C13H18N2O2. The van der Waals surface area contributed by atoms with Gasteiger partial charge in [0.05, 0.1) is 18.3 Å². The molecule has 1 amide bonds. The molecule has 0 bridgehead atoms. The number of rotatable bonds is 3. The van der Waals surface area contributed by atoms with Gasteiger partial charge < -0.3 is 15.0 Å². The largest absolute Gasteiger partial charge is 0.492 e. The van der Waals surface area contributed by atoms with E-state index in [9.17, 15) is 4.79 Å². The SMILES string of the molecule is CCOc1ccccc1N1CCNC(C)C1=O. The highest BCUT2D eigenvalue weighted by atomic mass is 16.5. The predicted octanol–water partition coefficient (Wildman–Crippen LogP) is 1.41. The van der Waals surface area contributed by atoms with Crippen LogP contribution in [0.5, 0.6) is 5.75 Å². The van der Waals surface area contributed by atoms with Crippen LogP contribution in [0, 0.1) is 0 Å². The first-order valence-electron chi connectivity index (χ1n) is 6.00. The minimum absolute atomic E-state index is 0.100. The van der Waals surface area contributed by atoms with E-state index in [4.69, 9.17) is 4.74 Å². The number of amides is 1. The summed E-state index contributed by atoms with van der Waals surface area (Å²) >= 11 is 0. The lowest BCUT2D eigenvalue weighted by molar-refractivity contribution is -0.121. The van der Waals surface area contributed by atoms with Crippen LogP contribution < -0.4 is 15.0 Å². The molecule has 4 heteroatoms. The summed E-state index contributed by atoms with van der Waals surface area (Å²) < 4.78 is 5.56. The number of nitrogens with zero attached hydrogens (tertiary/aromatic N) is 1. The van der Waals surface area contributed by atoms with E-state index >= 15 is 0 Å². The second-order valence-corrected chi connectivity index (χ2v) is 4.07. The van der Waals surface area contributed by atoms with Crippen LogP contribution in [-0.2, 0) is 4.79 Å². The van der Waals surface area contributed by atoms with E-state index in [0.29, 0.717) is 13.2 Å². The van der Waals surface area contributed by atoms with Crippen molar-refractivity contribution in [1.29, 1.82) is 0 Å². The molecule has 1 aromatic carbocycles. The molecule has 1 aliphatic rings. The first-order valence-corrected chi connectivity index (χ1v) is 6.00. The van der Waals surface area contributed by atoms with Crippen molar-refractivity contribution in [3.05, 3.63) is 24.3 Å². The summed E-state index contributed by atoms with van der Waals surface area (Å²) in [4.78, 5) is 13.9. The van der Waals surface area contributed by atoms with Crippen molar-refractivity contribution in [1.82, 2.24) is 5.32 Å². The number of carbonyl (C=O) groups excluding carboxylic acids is 1. The summed E-state index contributed by atoms with van der Waals surface area (Å²) in [6.45, 7) is 5.93. The average Bonchev–Trinajstić information content (AvgIpc) is 2.34. The third kappa shape index (κ3) is 2.42. The monoisotopic (exact) mass is 234 g/mol. The summed E-state index contributed by atoms with van der Waals surface area (Å²) in [5.41, 5.74) is 0.868. The number of ether oxygens (including phenoxy) is 1. The quantitative estimate of drug-likeness (QED) is 0.859. The number of hydrogen-bond acceptors (Lipinski definition) is 3. The van der Waals surface area contributed by atoms with Crippen LogP contribution in [0.2, 0.25) is 0 Å². The lowest BCUT2D eigenvalue weighted by atomic mass is 10.2. The molecule has 1 unspecified atom stereocenters. The molecule has 0 spiro atoms. The fourth-order valence-electron chi connectivity index (χ4n) is 2.02. The summed E-state index contributed by atoms with van der Waals surface area (Å²) in [5, 5.41) is 3.15. The standard InChI is InChI=1S/C13H18N2O2/c1-3-17-12-7-5-4-6-11(12)15-9-8-14-10(2)13(15)16/h4-7,10,14H,3,8-9H2,1-2H3. The zero-order chi connectivity index (χ0) is 12.3. The minimum atomic E-state index is -0.126. The highest BCUT2D eigenvalue weighted by Crippen LogP contribution is 2.29. The van der Waals surface area contributed by atoms with Gasteiger partial charge in [0.2, 0.25) is 5.91 Å². The molecule has 1 fully saturated rings. The molecule has 1 heterocycles. The number of anilines is 1. The van der Waals surface area contributed by atoms with Gasteiger partial charge in [-0.15, -0.1) is 0 Å². The van der Waals surface area contributed by atoms with E-state index in [1.165, 1.54) is 0 Å². The van der Waals surface area contributed by atoms with Gasteiger partial charge in [0.15, 0.2) is 0 Å².